The molecule has 2 aliphatic carbocycles. The molecule has 2 aliphatic rings. The molecule has 0 aromatic rings. The van der Waals surface area contributed by atoms with Gasteiger partial charge in [-0.25, -0.2) is 0 Å². The summed E-state index contributed by atoms with van der Waals surface area (Å²) in [5.41, 5.74) is 0. The quantitative estimate of drug-likeness (QED) is 0.689. The second-order valence-electron chi connectivity index (χ2n) is 5.25. The highest BCUT2D eigenvalue weighted by Crippen LogP contribution is 2.28. The zero-order valence-corrected chi connectivity index (χ0v) is 12.4. The van der Waals surface area contributed by atoms with Gasteiger partial charge >= 0.3 is 0 Å². The molecule has 0 heterocycles. The van der Waals surface area contributed by atoms with Crippen molar-refractivity contribution in [2.75, 3.05) is 7.05 Å². The minimum atomic E-state index is 0. The summed E-state index contributed by atoms with van der Waals surface area (Å²) in [5, 5.41) is 0. The van der Waals surface area contributed by atoms with Crippen LogP contribution in [-0.2, 0) is 0 Å². The van der Waals surface area contributed by atoms with E-state index in [4.69, 9.17) is 0 Å². The van der Waals surface area contributed by atoms with Gasteiger partial charge in [-0.05, 0) is 32.7 Å². The number of halogens is 1. The van der Waals surface area contributed by atoms with Gasteiger partial charge in [-0.3, -0.25) is 0 Å². The second-order valence-corrected chi connectivity index (χ2v) is 5.25. The molecule has 0 bridgehead atoms. The van der Waals surface area contributed by atoms with Gasteiger partial charge in [0.1, 0.15) is 0 Å². The van der Waals surface area contributed by atoms with Crippen LogP contribution in [0.25, 0.3) is 0 Å². The summed E-state index contributed by atoms with van der Waals surface area (Å²) in [4.78, 5) is 2.72. The maximum Gasteiger partial charge on any atom is 0.00951 e. The average Bonchev–Trinajstić information content (AvgIpc) is 2.30. The summed E-state index contributed by atoms with van der Waals surface area (Å²) in [5.74, 6) is 0. The monoisotopic (exact) mass is 323 g/mol. The molecule has 2 rings (SSSR count). The van der Waals surface area contributed by atoms with Crippen LogP contribution in [0.15, 0.2) is 0 Å². The van der Waals surface area contributed by atoms with Crippen molar-refractivity contribution >= 4 is 24.0 Å². The lowest BCUT2D eigenvalue weighted by Crippen LogP contribution is -2.42. The van der Waals surface area contributed by atoms with E-state index >= 15 is 0 Å². The summed E-state index contributed by atoms with van der Waals surface area (Å²) < 4.78 is 0. The van der Waals surface area contributed by atoms with E-state index in [0.717, 1.165) is 12.1 Å². The van der Waals surface area contributed by atoms with E-state index in [2.05, 4.69) is 11.9 Å². The van der Waals surface area contributed by atoms with E-state index < -0.39 is 0 Å². The average molecular weight is 323 g/mol. The Balaban J connectivity index is 0.00000112. The van der Waals surface area contributed by atoms with Crippen LogP contribution in [0.2, 0.25) is 0 Å². The van der Waals surface area contributed by atoms with Crippen molar-refractivity contribution in [1.82, 2.24) is 4.90 Å². The molecule has 0 saturated heterocycles. The lowest BCUT2D eigenvalue weighted by atomic mass is 9.89. The standard InChI is InChI=1S/C13H25N.HI/c1-14(12-8-4-2-5-9-12)13-10-6-3-7-11-13;/h12-13H,2-11H2,1H3;1H. The van der Waals surface area contributed by atoms with Crippen LogP contribution in [0.1, 0.15) is 64.2 Å². The van der Waals surface area contributed by atoms with Gasteiger partial charge in [0.05, 0.1) is 0 Å². The lowest BCUT2D eigenvalue weighted by Gasteiger charge is -2.39. The molecule has 0 N–H and O–H groups in total. The molecule has 1 nitrogen and oxygen atoms in total. The Labute approximate surface area is 112 Å². The Morgan fingerprint density at radius 2 is 1.00 bits per heavy atom. The zero-order chi connectivity index (χ0) is 9.80. The maximum atomic E-state index is 2.72. The van der Waals surface area contributed by atoms with Crippen molar-refractivity contribution in [2.24, 2.45) is 0 Å². The van der Waals surface area contributed by atoms with Crippen molar-refractivity contribution in [3.8, 4) is 0 Å². The van der Waals surface area contributed by atoms with Gasteiger partial charge in [-0.15, -0.1) is 24.0 Å². The first-order valence-electron chi connectivity index (χ1n) is 6.60. The topological polar surface area (TPSA) is 3.24 Å². The Bertz CT molecular complexity index is 142. The second kappa shape index (κ2) is 7.10. The van der Waals surface area contributed by atoms with Crippen LogP contribution in [-0.4, -0.2) is 24.0 Å². The van der Waals surface area contributed by atoms with Gasteiger partial charge in [0.25, 0.3) is 0 Å². The molecule has 0 radical (unpaired) electrons. The SMILES string of the molecule is CN(C1CCCCC1)C1CCCCC1.I. The van der Waals surface area contributed by atoms with Gasteiger partial charge in [-0.2, -0.15) is 0 Å². The predicted octanol–water partition coefficient (Wildman–Crippen LogP) is 4.20. The van der Waals surface area contributed by atoms with Crippen LogP contribution in [0.5, 0.6) is 0 Å². The molecule has 0 atom stereocenters. The van der Waals surface area contributed by atoms with Crippen LogP contribution in [0, 0.1) is 0 Å². The molecule has 15 heavy (non-hydrogen) atoms. The van der Waals surface area contributed by atoms with Crippen molar-refractivity contribution < 1.29 is 0 Å². The zero-order valence-electron chi connectivity index (χ0n) is 10.1. The fourth-order valence-electron chi connectivity index (χ4n) is 3.27. The van der Waals surface area contributed by atoms with Crippen LogP contribution in [0.4, 0.5) is 0 Å². The molecule has 0 unspecified atom stereocenters. The third kappa shape index (κ3) is 3.88. The van der Waals surface area contributed by atoms with Crippen LogP contribution < -0.4 is 0 Å². The molecule has 0 amide bonds. The van der Waals surface area contributed by atoms with Gasteiger partial charge in [0, 0.05) is 12.1 Å². The van der Waals surface area contributed by atoms with E-state index in [-0.39, 0.29) is 24.0 Å². The molecule has 2 saturated carbocycles. The van der Waals surface area contributed by atoms with E-state index in [1.807, 2.05) is 0 Å². The Morgan fingerprint density at radius 1 is 0.667 bits per heavy atom. The largest absolute Gasteiger partial charge is 0.300 e. The molecule has 0 spiro atoms. The predicted molar refractivity (Wildman–Crippen MR) is 76.9 cm³/mol. The van der Waals surface area contributed by atoms with Crippen molar-refractivity contribution in [3.63, 3.8) is 0 Å². The Hall–Kier alpha value is 0.690. The molecular weight excluding hydrogens is 297 g/mol. The fourth-order valence-corrected chi connectivity index (χ4v) is 3.27. The Kier molecular flexibility index (Phi) is 6.51. The third-order valence-electron chi connectivity index (χ3n) is 4.30. The number of hydrogen-bond donors (Lipinski definition) is 0. The van der Waals surface area contributed by atoms with Gasteiger partial charge in [0.2, 0.25) is 0 Å². The smallest absolute Gasteiger partial charge is 0.00951 e. The summed E-state index contributed by atoms with van der Waals surface area (Å²) in [6, 6.07) is 1.85. The summed E-state index contributed by atoms with van der Waals surface area (Å²) in [6.07, 6.45) is 14.7. The number of hydrogen-bond acceptors (Lipinski definition) is 1. The first-order valence-corrected chi connectivity index (χ1v) is 6.60. The van der Waals surface area contributed by atoms with E-state index in [1.54, 1.807) is 0 Å². The molecule has 2 heteroatoms. The molecule has 2 fully saturated rings. The Morgan fingerprint density at radius 3 is 1.33 bits per heavy atom. The van der Waals surface area contributed by atoms with Crippen molar-refractivity contribution in [3.05, 3.63) is 0 Å². The maximum absolute atomic E-state index is 2.72. The van der Waals surface area contributed by atoms with Gasteiger partial charge < -0.3 is 4.90 Å². The summed E-state index contributed by atoms with van der Waals surface area (Å²) in [6.45, 7) is 0. The van der Waals surface area contributed by atoms with Crippen LogP contribution >= 0.6 is 24.0 Å². The first-order chi connectivity index (χ1) is 6.88. The number of rotatable bonds is 2. The number of nitrogens with zero attached hydrogens (tertiary/aromatic N) is 1. The molecule has 0 aliphatic heterocycles. The first kappa shape index (κ1) is 13.8. The highest BCUT2D eigenvalue weighted by atomic mass is 127. The highest BCUT2D eigenvalue weighted by Gasteiger charge is 2.25. The molecular formula is C13H26IN. The van der Waals surface area contributed by atoms with Crippen molar-refractivity contribution in [1.29, 1.82) is 0 Å². The lowest BCUT2D eigenvalue weighted by molar-refractivity contribution is 0.111. The minimum absolute atomic E-state index is 0. The normalized spacial score (nSPS) is 25.2. The van der Waals surface area contributed by atoms with E-state index in [0.29, 0.717) is 0 Å². The van der Waals surface area contributed by atoms with E-state index in [9.17, 15) is 0 Å². The molecule has 0 aromatic carbocycles. The van der Waals surface area contributed by atoms with Crippen LogP contribution in [0.3, 0.4) is 0 Å². The fraction of sp³-hybridized carbons (Fsp3) is 1.00. The molecule has 0 aromatic heterocycles. The van der Waals surface area contributed by atoms with Gasteiger partial charge in [0.15, 0.2) is 0 Å². The van der Waals surface area contributed by atoms with Gasteiger partial charge in [-0.1, -0.05) is 38.5 Å². The summed E-state index contributed by atoms with van der Waals surface area (Å²) in [7, 11) is 2.38. The summed E-state index contributed by atoms with van der Waals surface area (Å²) >= 11 is 0. The molecule has 90 valence electrons. The highest BCUT2D eigenvalue weighted by molar-refractivity contribution is 14.0. The minimum Gasteiger partial charge on any atom is -0.300 e. The van der Waals surface area contributed by atoms with E-state index in [1.165, 1.54) is 64.2 Å². The third-order valence-corrected chi connectivity index (χ3v) is 4.30. The van der Waals surface area contributed by atoms with Crippen molar-refractivity contribution in [2.45, 2.75) is 76.3 Å².